The number of aryl methyl sites for hydroxylation is 1. The Morgan fingerprint density at radius 1 is 1.33 bits per heavy atom. The highest BCUT2D eigenvalue weighted by atomic mass is 35.5. The fourth-order valence-corrected chi connectivity index (χ4v) is 3.95. The lowest BCUT2D eigenvalue weighted by Gasteiger charge is -2.34. The highest BCUT2D eigenvalue weighted by Gasteiger charge is 2.29. The molecule has 0 radical (unpaired) electrons. The van der Waals surface area contributed by atoms with Gasteiger partial charge in [0.25, 0.3) is 0 Å². The molecule has 1 saturated heterocycles. The monoisotopic (exact) mass is 389 g/mol. The van der Waals surface area contributed by atoms with Crippen LogP contribution in [0.5, 0.6) is 0 Å². The number of benzene rings is 1. The molecule has 0 spiro atoms. The lowest BCUT2D eigenvalue weighted by atomic mass is 9.96. The zero-order valence-corrected chi connectivity index (χ0v) is 17.1. The van der Waals surface area contributed by atoms with Crippen LogP contribution in [0.15, 0.2) is 28.7 Å². The molecule has 0 saturated carbocycles. The van der Waals surface area contributed by atoms with Crippen LogP contribution in [0.1, 0.15) is 38.1 Å². The van der Waals surface area contributed by atoms with Crippen molar-refractivity contribution in [2.45, 2.75) is 40.2 Å². The Labute approximate surface area is 166 Å². The summed E-state index contributed by atoms with van der Waals surface area (Å²) in [5.41, 5.74) is 1.72. The van der Waals surface area contributed by atoms with E-state index in [0.29, 0.717) is 17.5 Å². The first-order valence-corrected chi connectivity index (χ1v) is 10.1. The normalized spacial score (nSPS) is 17.9. The first-order chi connectivity index (χ1) is 13.0. The Morgan fingerprint density at radius 3 is 2.78 bits per heavy atom. The quantitative estimate of drug-likeness (QED) is 0.735. The van der Waals surface area contributed by atoms with Crippen molar-refractivity contribution in [2.75, 3.05) is 26.2 Å². The summed E-state index contributed by atoms with van der Waals surface area (Å²) in [6.45, 7) is 10.0. The van der Waals surface area contributed by atoms with E-state index >= 15 is 0 Å². The van der Waals surface area contributed by atoms with E-state index in [1.807, 2.05) is 49.9 Å². The zero-order chi connectivity index (χ0) is 19.4. The lowest BCUT2D eigenvalue weighted by molar-refractivity contribution is -0.137. The van der Waals surface area contributed by atoms with Crippen molar-refractivity contribution >= 4 is 17.5 Å². The van der Waals surface area contributed by atoms with Crippen LogP contribution >= 0.6 is 11.6 Å². The highest BCUT2D eigenvalue weighted by molar-refractivity contribution is 6.33. The second-order valence-electron chi connectivity index (χ2n) is 7.09. The van der Waals surface area contributed by atoms with E-state index in [0.717, 1.165) is 56.0 Å². The third-order valence-electron chi connectivity index (χ3n) is 5.30. The summed E-state index contributed by atoms with van der Waals surface area (Å²) in [5, 5.41) is 0.633. The van der Waals surface area contributed by atoms with Crippen LogP contribution in [0, 0.1) is 12.8 Å². The second-order valence-corrected chi connectivity index (χ2v) is 7.49. The van der Waals surface area contributed by atoms with Crippen molar-refractivity contribution < 1.29 is 9.21 Å². The van der Waals surface area contributed by atoms with E-state index in [-0.39, 0.29) is 11.8 Å². The van der Waals surface area contributed by atoms with Crippen molar-refractivity contribution in [3.63, 3.8) is 0 Å². The van der Waals surface area contributed by atoms with E-state index in [9.17, 15) is 4.79 Å². The average Bonchev–Trinajstić information content (AvgIpc) is 3.03. The molecule has 2 heterocycles. The van der Waals surface area contributed by atoms with Gasteiger partial charge in [-0.25, -0.2) is 4.98 Å². The predicted octanol–water partition coefficient (Wildman–Crippen LogP) is 4.38. The topological polar surface area (TPSA) is 49.6 Å². The molecule has 1 aliphatic rings. The maximum Gasteiger partial charge on any atom is 0.228 e. The van der Waals surface area contributed by atoms with Crippen molar-refractivity contribution in [3.8, 4) is 11.5 Å². The van der Waals surface area contributed by atoms with Gasteiger partial charge in [-0.1, -0.05) is 23.7 Å². The Balaban J connectivity index is 1.70. The third-order valence-corrected chi connectivity index (χ3v) is 5.63. The number of oxazole rings is 1. The number of piperidine rings is 1. The molecule has 0 N–H and O–H groups in total. The van der Waals surface area contributed by atoms with Gasteiger partial charge in [-0.2, -0.15) is 0 Å². The lowest BCUT2D eigenvalue weighted by Crippen LogP contribution is -2.44. The van der Waals surface area contributed by atoms with Crippen molar-refractivity contribution in [2.24, 2.45) is 5.92 Å². The number of aromatic nitrogens is 1. The number of likely N-dealkylation sites (tertiary alicyclic amines) is 1. The Kier molecular flexibility index (Phi) is 6.55. The summed E-state index contributed by atoms with van der Waals surface area (Å²) in [6, 6.07) is 7.57. The summed E-state index contributed by atoms with van der Waals surface area (Å²) < 4.78 is 5.87. The van der Waals surface area contributed by atoms with Gasteiger partial charge < -0.3 is 9.32 Å². The molecule has 0 bridgehead atoms. The van der Waals surface area contributed by atoms with E-state index < -0.39 is 0 Å². The SMILES string of the molecule is CCN(CC)C(=O)C1CCCN(Cc2nc(-c3ccccc3Cl)oc2C)C1. The van der Waals surface area contributed by atoms with E-state index in [1.54, 1.807) is 0 Å². The van der Waals surface area contributed by atoms with Crippen LogP contribution in [0.25, 0.3) is 11.5 Å². The maximum absolute atomic E-state index is 12.7. The molecule has 1 fully saturated rings. The van der Waals surface area contributed by atoms with Crippen molar-refractivity contribution in [1.82, 2.24) is 14.8 Å². The number of halogens is 1. The molecule has 27 heavy (non-hydrogen) atoms. The minimum absolute atomic E-state index is 0.0777. The summed E-state index contributed by atoms with van der Waals surface area (Å²) in [5.74, 6) is 1.72. The third kappa shape index (κ3) is 4.53. The summed E-state index contributed by atoms with van der Waals surface area (Å²) in [7, 11) is 0. The predicted molar refractivity (Wildman–Crippen MR) is 108 cm³/mol. The number of carbonyl (C=O) groups excluding carboxylic acids is 1. The number of carbonyl (C=O) groups is 1. The molecule has 2 aromatic rings. The van der Waals surface area contributed by atoms with Gasteiger partial charge in [0.2, 0.25) is 11.8 Å². The van der Waals surface area contributed by atoms with E-state index in [2.05, 4.69) is 9.88 Å². The van der Waals surface area contributed by atoms with Gasteiger partial charge in [0.05, 0.1) is 22.2 Å². The number of hydrogen-bond donors (Lipinski definition) is 0. The molecule has 1 unspecified atom stereocenters. The van der Waals surface area contributed by atoms with Crippen molar-refractivity contribution in [3.05, 3.63) is 40.7 Å². The van der Waals surface area contributed by atoms with Gasteiger partial charge in [0.15, 0.2) is 0 Å². The Bertz CT molecular complexity index is 785. The fraction of sp³-hybridized carbons (Fsp3) is 0.524. The van der Waals surface area contributed by atoms with Crippen LogP contribution in [-0.4, -0.2) is 46.9 Å². The Hall–Kier alpha value is -1.85. The van der Waals surface area contributed by atoms with Gasteiger partial charge in [0.1, 0.15) is 5.76 Å². The average molecular weight is 390 g/mol. The molecule has 5 nitrogen and oxygen atoms in total. The van der Waals surface area contributed by atoms with Crippen LogP contribution in [0.3, 0.4) is 0 Å². The van der Waals surface area contributed by atoms with Gasteiger partial charge in [-0.15, -0.1) is 0 Å². The smallest absolute Gasteiger partial charge is 0.228 e. The Morgan fingerprint density at radius 2 is 2.07 bits per heavy atom. The zero-order valence-electron chi connectivity index (χ0n) is 16.4. The minimum atomic E-state index is 0.0777. The molecule has 0 aliphatic carbocycles. The second kappa shape index (κ2) is 8.89. The van der Waals surface area contributed by atoms with Crippen LogP contribution < -0.4 is 0 Å². The summed E-state index contributed by atoms with van der Waals surface area (Å²) >= 11 is 6.27. The number of nitrogens with zero attached hydrogens (tertiary/aromatic N) is 3. The number of amides is 1. The largest absolute Gasteiger partial charge is 0.441 e. The van der Waals surface area contributed by atoms with Crippen LogP contribution in [0.4, 0.5) is 0 Å². The molecule has 1 aliphatic heterocycles. The molecule has 1 aromatic heterocycles. The molecule has 146 valence electrons. The summed E-state index contributed by atoms with van der Waals surface area (Å²) in [4.78, 5) is 21.6. The molecule has 1 amide bonds. The standard InChI is InChI=1S/C21H28ClN3O2/c1-4-25(5-2)21(26)16-9-8-12-24(13-16)14-19-15(3)27-20(23-19)17-10-6-7-11-18(17)22/h6-7,10-11,16H,4-5,8-9,12-14H2,1-3H3. The summed E-state index contributed by atoms with van der Waals surface area (Å²) in [6.07, 6.45) is 2.00. The van der Waals surface area contributed by atoms with Crippen LogP contribution in [-0.2, 0) is 11.3 Å². The van der Waals surface area contributed by atoms with Crippen molar-refractivity contribution in [1.29, 1.82) is 0 Å². The minimum Gasteiger partial charge on any atom is -0.441 e. The van der Waals surface area contributed by atoms with Gasteiger partial charge in [0, 0.05) is 26.2 Å². The van der Waals surface area contributed by atoms with Gasteiger partial charge in [-0.05, 0) is 52.3 Å². The van der Waals surface area contributed by atoms with Crippen LogP contribution in [0.2, 0.25) is 5.02 Å². The first kappa shape index (κ1) is 19.9. The number of rotatable bonds is 6. The van der Waals surface area contributed by atoms with E-state index in [4.69, 9.17) is 16.0 Å². The van der Waals surface area contributed by atoms with Gasteiger partial charge in [-0.3, -0.25) is 9.69 Å². The fourth-order valence-electron chi connectivity index (χ4n) is 3.73. The molecule has 1 aromatic carbocycles. The molecule has 1 atom stereocenters. The van der Waals surface area contributed by atoms with E-state index in [1.165, 1.54) is 0 Å². The maximum atomic E-state index is 12.7. The first-order valence-electron chi connectivity index (χ1n) is 9.75. The molecular formula is C21H28ClN3O2. The molecule has 3 rings (SSSR count). The van der Waals surface area contributed by atoms with Gasteiger partial charge >= 0.3 is 0 Å². The highest BCUT2D eigenvalue weighted by Crippen LogP contribution is 2.29. The number of hydrogen-bond acceptors (Lipinski definition) is 4. The molecule has 6 heteroatoms. The molecular weight excluding hydrogens is 362 g/mol.